The van der Waals surface area contributed by atoms with Crippen molar-refractivity contribution in [3.8, 4) is 5.82 Å². The molecule has 1 saturated heterocycles. The maximum Gasteiger partial charge on any atom is 0.252 e. The van der Waals surface area contributed by atoms with Crippen LogP contribution in [0.25, 0.3) is 16.9 Å². The maximum atomic E-state index is 13.6. The number of hydrogen-bond donors (Lipinski definition) is 1. The molecule has 172 valence electrons. The molecule has 8 heteroatoms. The van der Waals surface area contributed by atoms with Crippen molar-refractivity contribution < 1.29 is 4.79 Å². The zero-order valence-electron chi connectivity index (χ0n) is 19.2. The fourth-order valence-electron chi connectivity index (χ4n) is 4.77. The van der Waals surface area contributed by atoms with Crippen molar-refractivity contribution in [1.29, 1.82) is 0 Å². The topological polar surface area (TPSA) is 88.8 Å². The lowest BCUT2D eigenvalue weighted by Gasteiger charge is -2.33. The van der Waals surface area contributed by atoms with E-state index >= 15 is 0 Å². The highest BCUT2D eigenvalue weighted by molar-refractivity contribution is 6.07. The minimum absolute atomic E-state index is 0.0470. The van der Waals surface area contributed by atoms with Gasteiger partial charge >= 0.3 is 0 Å². The van der Waals surface area contributed by atoms with E-state index in [0.717, 1.165) is 61.4 Å². The van der Waals surface area contributed by atoms with Crippen LogP contribution in [0, 0.1) is 6.92 Å². The van der Waals surface area contributed by atoms with Crippen molar-refractivity contribution in [3.63, 3.8) is 0 Å². The predicted molar refractivity (Wildman–Crippen MR) is 130 cm³/mol. The highest BCUT2D eigenvalue weighted by Crippen LogP contribution is 2.40. The largest absolute Gasteiger partial charge is 0.356 e. The van der Waals surface area contributed by atoms with Gasteiger partial charge in [0.25, 0.3) is 5.91 Å². The fraction of sp³-hybridized carbons (Fsp3) is 0.346. The van der Waals surface area contributed by atoms with Crippen LogP contribution in [0.3, 0.4) is 0 Å². The number of nitrogens with zero attached hydrogens (tertiary/aromatic N) is 6. The second kappa shape index (κ2) is 8.52. The van der Waals surface area contributed by atoms with Crippen LogP contribution in [0.15, 0.2) is 54.9 Å². The van der Waals surface area contributed by atoms with Crippen LogP contribution in [-0.4, -0.2) is 49.8 Å². The number of carbonyl (C=O) groups excluding carboxylic acids is 1. The summed E-state index contributed by atoms with van der Waals surface area (Å²) in [6.45, 7) is 3.68. The van der Waals surface area contributed by atoms with Crippen LogP contribution >= 0.6 is 0 Å². The Bertz CT molecular complexity index is 1320. The average Bonchev–Trinajstić information content (AvgIpc) is 3.68. The molecule has 8 nitrogen and oxygen atoms in total. The molecule has 0 bridgehead atoms. The molecule has 2 fully saturated rings. The van der Waals surface area contributed by atoms with Crippen LogP contribution < -0.4 is 10.2 Å². The first-order valence-electron chi connectivity index (χ1n) is 12.0. The molecule has 1 aliphatic heterocycles. The minimum Gasteiger partial charge on any atom is -0.356 e. The van der Waals surface area contributed by atoms with Gasteiger partial charge < -0.3 is 10.2 Å². The van der Waals surface area contributed by atoms with Crippen LogP contribution in [0.2, 0.25) is 0 Å². The SMILES string of the molecule is Cc1nn(-c2ccccn2)c2nc(C3CC3)cc(C(=O)NC3CCN(c4ccccn4)CC3)c12. The van der Waals surface area contributed by atoms with Gasteiger partial charge in [-0.2, -0.15) is 9.78 Å². The summed E-state index contributed by atoms with van der Waals surface area (Å²) in [4.78, 5) is 29.7. The first kappa shape index (κ1) is 20.8. The summed E-state index contributed by atoms with van der Waals surface area (Å²) < 4.78 is 1.76. The van der Waals surface area contributed by atoms with E-state index in [1.54, 1.807) is 10.9 Å². The van der Waals surface area contributed by atoms with Gasteiger partial charge in [0.05, 0.1) is 16.6 Å². The number of hydrogen-bond acceptors (Lipinski definition) is 6. The van der Waals surface area contributed by atoms with Gasteiger partial charge in [0.15, 0.2) is 11.5 Å². The van der Waals surface area contributed by atoms with Crippen LogP contribution in [0.5, 0.6) is 0 Å². The molecule has 0 aromatic carbocycles. The van der Waals surface area contributed by atoms with Gasteiger partial charge in [-0.05, 0) is 62.9 Å². The lowest BCUT2D eigenvalue weighted by atomic mass is 10.0. The molecule has 2 aliphatic rings. The van der Waals surface area contributed by atoms with Crippen molar-refractivity contribution in [2.75, 3.05) is 18.0 Å². The minimum atomic E-state index is -0.0470. The number of amides is 1. The third kappa shape index (κ3) is 3.89. The molecule has 0 spiro atoms. The smallest absolute Gasteiger partial charge is 0.252 e. The van der Waals surface area contributed by atoms with Crippen LogP contribution in [0.1, 0.15) is 53.3 Å². The molecule has 0 radical (unpaired) electrons. The number of fused-ring (bicyclic) bond motifs is 1. The summed E-state index contributed by atoms with van der Waals surface area (Å²) in [6, 6.07) is 13.8. The van der Waals surface area contributed by atoms with E-state index in [4.69, 9.17) is 10.1 Å². The van der Waals surface area contributed by atoms with Gasteiger partial charge in [0, 0.05) is 43.1 Å². The molecule has 4 aromatic heterocycles. The molecule has 34 heavy (non-hydrogen) atoms. The Labute approximate surface area is 198 Å². The molecule has 0 atom stereocenters. The predicted octanol–water partition coefficient (Wildman–Crippen LogP) is 3.80. The third-order valence-corrected chi connectivity index (χ3v) is 6.74. The summed E-state index contributed by atoms with van der Waals surface area (Å²) >= 11 is 0. The number of aryl methyl sites for hydroxylation is 1. The molecule has 5 heterocycles. The molecular formula is C26H27N7O. The van der Waals surface area contributed by atoms with E-state index < -0.39 is 0 Å². The van der Waals surface area contributed by atoms with E-state index in [0.29, 0.717) is 22.9 Å². The molecule has 4 aromatic rings. The van der Waals surface area contributed by atoms with Crippen molar-refractivity contribution in [3.05, 3.63) is 71.8 Å². The van der Waals surface area contributed by atoms with E-state index in [1.165, 1.54) is 0 Å². The zero-order chi connectivity index (χ0) is 23.1. The van der Waals surface area contributed by atoms with Gasteiger partial charge in [0.2, 0.25) is 0 Å². The lowest BCUT2D eigenvalue weighted by molar-refractivity contribution is 0.0932. The number of carbonyl (C=O) groups is 1. The quantitative estimate of drug-likeness (QED) is 0.495. The molecule has 1 aliphatic carbocycles. The summed E-state index contributed by atoms with van der Waals surface area (Å²) in [6.07, 6.45) is 7.57. The Morgan fingerprint density at radius 1 is 0.971 bits per heavy atom. The van der Waals surface area contributed by atoms with Gasteiger partial charge in [0.1, 0.15) is 5.82 Å². The Kier molecular flexibility index (Phi) is 5.20. The maximum absolute atomic E-state index is 13.6. The summed E-state index contributed by atoms with van der Waals surface area (Å²) in [5.41, 5.74) is 3.12. The van der Waals surface area contributed by atoms with Gasteiger partial charge in [-0.3, -0.25) is 4.79 Å². The first-order valence-corrected chi connectivity index (χ1v) is 12.0. The number of piperidine rings is 1. The molecule has 6 rings (SSSR count). The van der Waals surface area contributed by atoms with Crippen LogP contribution in [0.4, 0.5) is 5.82 Å². The second-order valence-corrected chi connectivity index (χ2v) is 9.18. The summed E-state index contributed by atoms with van der Waals surface area (Å²) in [5.74, 6) is 2.07. The van der Waals surface area contributed by atoms with Crippen molar-refractivity contribution in [2.45, 2.75) is 44.6 Å². The second-order valence-electron chi connectivity index (χ2n) is 9.18. The normalized spacial score (nSPS) is 16.7. The highest BCUT2D eigenvalue weighted by Gasteiger charge is 2.30. The highest BCUT2D eigenvalue weighted by atomic mass is 16.1. The van der Waals surface area contributed by atoms with E-state index in [9.17, 15) is 4.79 Å². The molecule has 1 N–H and O–H groups in total. The molecule has 1 saturated carbocycles. The number of pyridine rings is 3. The van der Waals surface area contributed by atoms with Crippen LogP contribution in [-0.2, 0) is 0 Å². The third-order valence-electron chi connectivity index (χ3n) is 6.74. The summed E-state index contributed by atoms with van der Waals surface area (Å²) in [5, 5.41) is 8.81. The number of nitrogens with one attached hydrogen (secondary N) is 1. The Hall–Kier alpha value is -3.81. The molecular weight excluding hydrogens is 426 g/mol. The zero-order valence-corrected chi connectivity index (χ0v) is 19.2. The standard InChI is InChI=1S/C26H27N7O/c1-17-24-20(26(34)29-19-10-14-32(15-11-19)22-6-2-4-12-27-22)16-21(18-8-9-18)30-25(24)33(31-17)23-7-3-5-13-28-23/h2-7,12-13,16,18-19H,8-11,14-15H2,1H3,(H,29,34). The van der Waals surface area contributed by atoms with E-state index in [2.05, 4.69) is 20.2 Å². The fourth-order valence-corrected chi connectivity index (χ4v) is 4.77. The van der Waals surface area contributed by atoms with E-state index in [-0.39, 0.29) is 11.9 Å². The molecule has 1 amide bonds. The average molecular weight is 454 g/mol. The van der Waals surface area contributed by atoms with Gasteiger partial charge in [-0.15, -0.1) is 0 Å². The summed E-state index contributed by atoms with van der Waals surface area (Å²) in [7, 11) is 0. The number of aromatic nitrogens is 5. The lowest BCUT2D eigenvalue weighted by Crippen LogP contribution is -2.45. The number of rotatable bonds is 5. The monoisotopic (exact) mass is 453 g/mol. The molecule has 0 unspecified atom stereocenters. The van der Waals surface area contributed by atoms with Crippen molar-refractivity contribution in [1.82, 2.24) is 30.0 Å². The van der Waals surface area contributed by atoms with Gasteiger partial charge in [-0.1, -0.05) is 12.1 Å². The Balaban J connectivity index is 1.28. The Morgan fingerprint density at radius 3 is 2.32 bits per heavy atom. The first-order chi connectivity index (χ1) is 16.7. The van der Waals surface area contributed by atoms with E-state index in [1.807, 2.05) is 55.6 Å². The van der Waals surface area contributed by atoms with Gasteiger partial charge in [-0.25, -0.2) is 15.0 Å². The van der Waals surface area contributed by atoms with Crippen molar-refractivity contribution in [2.24, 2.45) is 0 Å². The van der Waals surface area contributed by atoms with Crippen molar-refractivity contribution >= 4 is 22.8 Å². The Morgan fingerprint density at radius 2 is 1.68 bits per heavy atom. The number of anilines is 1.